The molecule has 74 valence electrons. The van der Waals surface area contributed by atoms with Crippen molar-refractivity contribution in [3.8, 4) is 5.75 Å². The molecule has 0 amide bonds. The van der Waals surface area contributed by atoms with Gasteiger partial charge in [0.25, 0.3) is 0 Å². The van der Waals surface area contributed by atoms with Crippen LogP contribution < -0.4 is 4.52 Å². The van der Waals surface area contributed by atoms with Gasteiger partial charge in [-0.3, -0.25) is 0 Å². The van der Waals surface area contributed by atoms with E-state index in [4.69, 9.17) is 4.52 Å². The SMILES string of the molecule is CCCPOc1cccc(C)c1.Cl. The summed E-state index contributed by atoms with van der Waals surface area (Å²) in [5.41, 5.74) is 1.26. The zero-order valence-electron chi connectivity index (χ0n) is 8.04. The summed E-state index contributed by atoms with van der Waals surface area (Å²) < 4.78 is 5.56. The van der Waals surface area contributed by atoms with Crippen molar-refractivity contribution >= 4 is 21.2 Å². The minimum Gasteiger partial charge on any atom is -0.477 e. The average Bonchev–Trinajstić information content (AvgIpc) is 2.05. The van der Waals surface area contributed by atoms with E-state index in [2.05, 4.69) is 26.0 Å². The number of hydrogen-bond donors (Lipinski definition) is 0. The Hall–Kier alpha value is -0.260. The van der Waals surface area contributed by atoms with Crippen LogP contribution in [-0.4, -0.2) is 6.16 Å². The Bertz CT molecular complexity index is 240. The van der Waals surface area contributed by atoms with Crippen LogP contribution in [0.5, 0.6) is 5.75 Å². The number of aryl methyl sites for hydroxylation is 1. The van der Waals surface area contributed by atoms with Gasteiger partial charge in [0.05, 0.1) is 8.81 Å². The summed E-state index contributed by atoms with van der Waals surface area (Å²) in [4.78, 5) is 0. The fourth-order valence-electron chi connectivity index (χ4n) is 0.915. The molecule has 0 heterocycles. The van der Waals surface area contributed by atoms with Crippen molar-refractivity contribution in [3.05, 3.63) is 29.8 Å². The van der Waals surface area contributed by atoms with Crippen LogP contribution in [0.15, 0.2) is 24.3 Å². The molecule has 0 saturated carbocycles. The van der Waals surface area contributed by atoms with Gasteiger partial charge < -0.3 is 4.52 Å². The van der Waals surface area contributed by atoms with Crippen molar-refractivity contribution in [2.45, 2.75) is 20.3 Å². The van der Waals surface area contributed by atoms with Gasteiger partial charge in [-0.15, -0.1) is 12.4 Å². The van der Waals surface area contributed by atoms with Crippen LogP contribution >= 0.6 is 21.2 Å². The second-order valence-electron chi connectivity index (χ2n) is 2.81. The molecule has 0 aromatic heterocycles. The molecule has 0 aliphatic rings. The molecule has 1 unspecified atom stereocenters. The second-order valence-corrected chi connectivity index (χ2v) is 3.81. The highest BCUT2D eigenvalue weighted by molar-refractivity contribution is 7.32. The first-order valence-corrected chi connectivity index (χ1v) is 5.41. The smallest absolute Gasteiger partial charge is 0.123 e. The molecule has 0 bridgehead atoms. The van der Waals surface area contributed by atoms with Crippen LogP contribution in [0.4, 0.5) is 0 Å². The summed E-state index contributed by atoms with van der Waals surface area (Å²) >= 11 is 0. The summed E-state index contributed by atoms with van der Waals surface area (Å²) in [6.07, 6.45) is 2.36. The highest BCUT2D eigenvalue weighted by Gasteiger charge is 1.92. The van der Waals surface area contributed by atoms with Crippen LogP contribution in [0.2, 0.25) is 0 Å². The predicted octanol–water partition coefficient (Wildman–Crippen LogP) is 3.80. The van der Waals surface area contributed by atoms with Gasteiger partial charge >= 0.3 is 0 Å². The number of benzene rings is 1. The van der Waals surface area contributed by atoms with Crippen molar-refractivity contribution in [1.29, 1.82) is 0 Å². The molecule has 0 radical (unpaired) electrons. The van der Waals surface area contributed by atoms with Gasteiger partial charge in [0.2, 0.25) is 0 Å². The van der Waals surface area contributed by atoms with Crippen molar-refractivity contribution in [2.75, 3.05) is 6.16 Å². The van der Waals surface area contributed by atoms with Crippen LogP contribution in [0, 0.1) is 6.92 Å². The van der Waals surface area contributed by atoms with Gasteiger partial charge in [-0.25, -0.2) is 0 Å². The van der Waals surface area contributed by atoms with Gasteiger partial charge in [-0.2, -0.15) is 0 Å². The van der Waals surface area contributed by atoms with Crippen molar-refractivity contribution in [3.63, 3.8) is 0 Å². The highest BCUT2D eigenvalue weighted by atomic mass is 35.5. The Kier molecular flexibility index (Phi) is 7.03. The van der Waals surface area contributed by atoms with Crippen LogP contribution in [0.25, 0.3) is 0 Å². The largest absolute Gasteiger partial charge is 0.477 e. The maximum atomic E-state index is 5.56. The van der Waals surface area contributed by atoms with Crippen LogP contribution in [0.3, 0.4) is 0 Å². The van der Waals surface area contributed by atoms with E-state index in [9.17, 15) is 0 Å². The summed E-state index contributed by atoms with van der Waals surface area (Å²) in [6, 6.07) is 8.19. The zero-order valence-corrected chi connectivity index (χ0v) is 9.86. The fourth-order valence-corrected chi connectivity index (χ4v) is 1.52. The summed E-state index contributed by atoms with van der Waals surface area (Å²) in [7, 11) is 0.606. The minimum atomic E-state index is 0. The van der Waals surface area contributed by atoms with Gasteiger partial charge in [0.15, 0.2) is 0 Å². The first-order chi connectivity index (χ1) is 5.83. The summed E-state index contributed by atoms with van der Waals surface area (Å²) in [5.74, 6) is 1.00. The van der Waals surface area contributed by atoms with Crippen molar-refractivity contribution in [1.82, 2.24) is 0 Å². The lowest BCUT2D eigenvalue weighted by Crippen LogP contribution is -1.81. The minimum absolute atomic E-state index is 0. The third kappa shape index (κ3) is 5.13. The van der Waals surface area contributed by atoms with E-state index >= 15 is 0 Å². The first kappa shape index (κ1) is 12.7. The third-order valence-electron chi connectivity index (χ3n) is 1.53. The van der Waals surface area contributed by atoms with Gasteiger partial charge in [-0.05, 0) is 31.0 Å². The average molecular weight is 219 g/mol. The standard InChI is InChI=1S/C10H15OP.ClH/c1-3-7-12-11-10-6-4-5-9(2)8-10;/h4-6,8,12H,3,7H2,1-2H3;1H. The van der Waals surface area contributed by atoms with E-state index in [1.165, 1.54) is 12.0 Å². The van der Waals surface area contributed by atoms with E-state index < -0.39 is 0 Å². The van der Waals surface area contributed by atoms with E-state index in [0.29, 0.717) is 8.81 Å². The molecule has 0 saturated heterocycles. The maximum Gasteiger partial charge on any atom is 0.123 e. The maximum absolute atomic E-state index is 5.56. The third-order valence-corrected chi connectivity index (χ3v) is 2.62. The van der Waals surface area contributed by atoms with Crippen molar-refractivity contribution < 1.29 is 4.52 Å². The first-order valence-electron chi connectivity index (χ1n) is 4.29. The molecular weight excluding hydrogens is 203 g/mol. The lowest BCUT2D eigenvalue weighted by Gasteiger charge is -2.04. The topological polar surface area (TPSA) is 9.23 Å². The second kappa shape index (κ2) is 7.17. The normalized spacial score (nSPS) is 10.0. The Morgan fingerprint density at radius 1 is 1.38 bits per heavy atom. The lowest BCUT2D eigenvalue weighted by molar-refractivity contribution is 0.628. The van der Waals surface area contributed by atoms with Crippen LogP contribution in [-0.2, 0) is 0 Å². The molecule has 0 aliphatic heterocycles. The molecule has 1 atom stereocenters. The number of rotatable bonds is 4. The fraction of sp³-hybridized carbons (Fsp3) is 0.400. The Balaban J connectivity index is 0.00000144. The molecule has 0 N–H and O–H groups in total. The molecule has 13 heavy (non-hydrogen) atoms. The summed E-state index contributed by atoms with van der Waals surface area (Å²) in [5, 5.41) is 0. The van der Waals surface area contributed by atoms with E-state index in [-0.39, 0.29) is 12.4 Å². The van der Waals surface area contributed by atoms with Crippen LogP contribution in [0.1, 0.15) is 18.9 Å². The van der Waals surface area contributed by atoms with E-state index in [0.717, 1.165) is 11.9 Å². The monoisotopic (exact) mass is 218 g/mol. The van der Waals surface area contributed by atoms with Crippen molar-refractivity contribution in [2.24, 2.45) is 0 Å². The Morgan fingerprint density at radius 2 is 2.15 bits per heavy atom. The quantitative estimate of drug-likeness (QED) is 0.552. The molecule has 0 spiro atoms. The summed E-state index contributed by atoms with van der Waals surface area (Å²) in [6.45, 7) is 4.25. The number of halogens is 1. The molecular formula is C10H16ClOP. The zero-order chi connectivity index (χ0) is 8.81. The van der Waals surface area contributed by atoms with Gasteiger partial charge in [-0.1, -0.05) is 19.1 Å². The molecule has 0 aliphatic carbocycles. The van der Waals surface area contributed by atoms with E-state index in [1.54, 1.807) is 0 Å². The molecule has 0 fully saturated rings. The highest BCUT2D eigenvalue weighted by Crippen LogP contribution is 2.21. The van der Waals surface area contributed by atoms with E-state index in [1.807, 2.05) is 12.1 Å². The van der Waals surface area contributed by atoms with Gasteiger partial charge in [0, 0.05) is 6.16 Å². The Morgan fingerprint density at radius 3 is 2.77 bits per heavy atom. The molecule has 1 aromatic rings. The predicted molar refractivity (Wildman–Crippen MR) is 62.5 cm³/mol. The van der Waals surface area contributed by atoms with Gasteiger partial charge in [0.1, 0.15) is 5.75 Å². The molecule has 1 rings (SSSR count). The number of hydrogen-bond acceptors (Lipinski definition) is 1. The Labute approximate surface area is 88.2 Å². The molecule has 3 heteroatoms. The molecule has 1 aromatic carbocycles. The molecule has 1 nitrogen and oxygen atoms in total. The lowest BCUT2D eigenvalue weighted by atomic mass is 10.2.